The number of rotatable bonds is 7. The van der Waals surface area contributed by atoms with Crippen molar-refractivity contribution in [2.75, 3.05) is 39.3 Å². The van der Waals surface area contributed by atoms with Gasteiger partial charge in [-0.3, -0.25) is 14.9 Å². The molecule has 0 spiro atoms. The van der Waals surface area contributed by atoms with E-state index in [1.54, 1.807) is 0 Å². The van der Waals surface area contributed by atoms with Crippen molar-refractivity contribution in [3.8, 4) is 0 Å². The summed E-state index contributed by atoms with van der Waals surface area (Å²) in [7, 11) is 0. The number of nitrogens with one attached hydrogen (secondary N) is 1. The van der Waals surface area contributed by atoms with E-state index >= 15 is 0 Å². The highest BCUT2D eigenvalue weighted by Gasteiger charge is 2.34. The van der Waals surface area contributed by atoms with Gasteiger partial charge < -0.3 is 10.0 Å². The lowest BCUT2D eigenvalue weighted by Gasteiger charge is -2.48. The highest BCUT2D eigenvalue weighted by Crippen LogP contribution is 2.34. The van der Waals surface area contributed by atoms with Crippen molar-refractivity contribution in [3.63, 3.8) is 0 Å². The Labute approximate surface area is 183 Å². The first kappa shape index (κ1) is 22.3. The first-order valence-corrected chi connectivity index (χ1v) is 12.5. The van der Waals surface area contributed by atoms with Crippen LogP contribution in [0.1, 0.15) is 82.4 Å². The van der Waals surface area contributed by atoms with Crippen LogP contribution >= 0.6 is 0 Å². The van der Waals surface area contributed by atoms with Crippen LogP contribution in [0.4, 0.5) is 0 Å². The number of aliphatic hydroxyl groups excluding tert-OH is 1. The largest absolute Gasteiger partial charge is 0.396 e. The molecule has 4 rings (SSSR count). The zero-order valence-electron chi connectivity index (χ0n) is 19.2. The van der Waals surface area contributed by atoms with E-state index in [1.165, 1.54) is 69.3 Å². The van der Waals surface area contributed by atoms with Gasteiger partial charge in [0.2, 0.25) is 0 Å². The molecule has 0 aromatic carbocycles. The molecule has 0 unspecified atom stereocenters. The molecule has 2 saturated heterocycles. The van der Waals surface area contributed by atoms with Crippen molar-refractivity contribution in [2.45, 2.75) is 95.8 Å². The van der Waals surface area contributed by atoms with Crippen molar-refractivity contribution >= 4 is 0 Å². The number of piperidine rings is 1. The summed E-state index contributed by atoms with van der Waals surface area (Å²) in [5, 5.41) is 17.5. The third kappa shape index (κ3) is 5.26. The Kier molecular flexibility index (Phi) is 7.85. The zero-order chi connectivity index (χ0) is 20.9. The first-order chi connectivity index (χ1) is 14.7. The predicted molar refractivity (Wildman–Crippen MR) is 122 cm³/mol. The molecule has 0 amide bonds. The number of hydrogen-bond acceptors (Lipinski definition) is 5. The summed E-state index contributed by atoms with van der Waals surface area (Å²) in [5.41, 5.74) is 2.81. The highest BCUT2D eigenvalue weighted by molar-refractivity contribution is 5.21. The minimum absolute atomic E-state index is 0.291. The lowest BCUT2D eigenvalue weighted by molar-refractivity contribution is -0.000126. The molecule has 170 valence electrons. The van der Waals surface area contributed by atoms with Gasteiger partial charge in [0.25, 0.3) is 0 Å². The molecule has 3 heterocycles. The fourth-order valence-corrected chi connectivity index (χ4v) is 6.13. The Balaban J connectivity index is 1.35. The fraction of sp³-hybridized carbons (Fsp3) is 0.875. The van der Waals surface area contributed by atoms with Gasteiger partial charge in [0.05, 0.1) is 6.20 Å². The van der Waals surface area contributed by atoms with Gasteiger partial charge >= 0.3 is 0 Å². The summed E-state index contributed by atoms with van der Waals surface area (Å²) < 4.78 is 0. The Morgan fingerprint density at radius 1 is 1.07 bits per heavy atom. The van der Waals surface area contributed by atoms with Crippen LogP contribution in [-0.4, -0.2) is 87.5 Å². The number of aromatic nitrogens is 2. The van der Waals surface area contributed by atoms with E-state index in [9.17, 15) is 5.11 Å². The monoisotopic (exact) mass is 417 g/mol. The number of aliphatic hydroxyl groups is 1. The molecule has 3 fully saturated rings. The zero-order valence-corrected chi connectivity index (χ0v) is 19.2. The van der Waals surface area contributed by atoms with Crippen LogP contribution in [0, 0.1) is 0 Å². The third-order valence-electron chi connectivity index (χ3n) is 7.93. The summed E-state index contributed by atoms with van der Waals surface area (Å²) in [4.78, 5) is 7.96. The van der Waals surface area contributed by atoms with Crippen molar-refractivity contribution in [1.29, 1.82) is 0 Å². The van der Waals surface area contributed by atoms with E-state index in [4.69, 9.17) is 0 Å². The SMILES string of the molecule is CC(C)N1CCC(N2CCN(Cc3cn[nH]c3C3CCCCC3)C[C@@H]2CCO)CC1. The standard InChI is InChI=1S/C24H43N5O/c1-19(2)28-11-8-22(9-12-28)29-14-13-27(18-23(29)10-15-30)17-21-16-25-26-24(21)20-6-4-3-5-7-20/h16,19-20,22-23,30H,3-15,17-18H2,1-2H3,(H,25,26)/t23-/m0/s1. The summed E-state index contributed by atoms with van der Waals surface area (Å²) >= 11 is 0. The quantitative estimate of drug-likeness (QED) is 0.713. The van der Waals surface area contributed by atoms with Gasteiger partial charge in [-0.25, -0.2) is 0 Å². The maximum absolute atomic E-state index is 9.74. The van der Waals surface area contributed by atoms with E-state index in [-0.39, 0.29) is 0 Å². The van der Waals surface area contributed by atoms with Crippen LogP contribution in [-0.2, 0) is 6.54 Å². The second kappa shape index (κ2) is 10.6. The predicted octanol–water partition coefficient (Wildman–Crippen LogP) is 3.20. The van der Waals surface area contributed by atoms with Crippen LogP contribution in [0.5, 0.6) is 0 Å². The van der Waals surface area contributed by atoms with Gasteiger partial charge in [-0.2, -0.15) is 5.10 Å². The molecule has 0 bridgehead atoms. The molecule has 0 radical (unpaired) electrons. The summed E-state index contributed by atoms with van der Waals surface area (Å²) in [6, 6.07) is 1.82. The molecule has 1 aromatic rings. The number of nitrogens with zero attached hydrogens (tertiary/aromatic N) is 4. The Bertz CT molecular complexity index is 633. The summed E-state index contributed by atoms with van der Waals surface area (Å²) in [6.07, 6.45) is 12.2. The van der Waals surface area contributed by atoms with Crippen LogP contribution < -0.4 is 0 Å². The molecule has 2 N–H and O–H groups in total. The molecule has 6 nitrogen and oxygen atoms in total. The molecular weight excluding hydrogens is 374 g/mol. The number of likely N-dealkylation sites (tertiary alicyclic amines) is 1. The number of hydrogen-bond donors (Lipinski definition) is 2. The van der Waals surface area contributed by atoms with Crippen LogP contribution in [0.15, 0.2) is 6.20 Å². The average molecular weight is 418 g/mol. The van der Waals surface area contributed by atoms with Crippen molar-refractivity contribution in [3.05, 3.63) is 17.5 Å². The van der Waals surface area contributed by atoms with Crippen LogP contribution in [0.2, 0.25) is 0 Å². The molecule has 2 aliphatic heterocycles. The fourth-order valence-electron chi connectivity index (χ4n) is 6.13. The van der Waals surface area contributed by atoms with Gasteiger partial charge in [0.15, 0.2) is 0 Å². The minimum Gasteiger partial charge on any atom is -0.396 e. The van der Waals surface area contributed by atoms with E-state index in [2.05, 4.69) is 44.9 Å². The number of H-pyrrole nitrogens is 1. The van der Waals surface area contributed by atoms with Gasteiger partial charge in [0.1, 0.15) is 0 Å². The van der Waals surface area contributed by atoms with Gasteiger partial charge in [-0.15, -0.1) is 0 Å². The van der Waals surface area contributed by atoms with Crippen LogP contribution in [0.3, 0.4) is 0 Å². The second-order valence-corrected chi connectivity index (χ2v) is 10.1. The van der Waals surface area contributed by atoms with Gasteiger partial charge in [0, 0.05) is 68.1 Å². The smallest absolute Gasteiger partial charge is 0.0535 e. The maximum atomic E-state index is 9.74. The Hall–Kier alpha value is -0.950. The first-order valence-electron chi connectivity index (χ1n) is 12.5. The molecule has 6 heteroatoms. The summed E-state index contributed by atoms with van der Waals surface area (Å²) in [5.74, 6) is 0.678. The van der Waals surface area contributed by atoms with Crippen LogP contribution in [0.25, 0.3) is 0 Å². The topological polar surface area (TPSA) is 58.6 Å². The molecule has 1 saturated carbocycles. The maximum Gasteiger partial charge on any atom is 0.0535 e. The third-order valence-corrected chi connectivity index (χ3v) is 7.93. The normalized spacial score (nSPS) is 26.6. The average Bonchev–Trinajstić information content (AvgIpc) is 3.23. The van der Waals surface area contributed by atoms with E-state index in [1.807, 2.05) is 0 Å². The van der Waals surface area contributed by atoms with E-state index in [0.29, 0.717) is 30.7 Å². The lowest BCUT2D eigenvalue weighted by atomic mass is 9.85. The van der Waals surface area contributed by atoms with Gasteiger partial charge in [-0.05, 0) is 59.0 Å². The number of piperazine rings is 1. The van der Waals surface area contributed by atoms with Crippen molar-refractivity contribution < 1.29 is 5.11 Å². The molecule has 1 aromatic heterocycles. The Morgan fingerprint density at radius 2 is 1.83 bits per heavy atom. The molecule has 30 heavy (non-hydrogen) atoms. The molecular formula is C24H43N5O. The van der Waals surface area contributed by atoms with Gasteiger partial charge in [-0.1, -0.05) is 19.3 Å². The number of aromatic amines is 1. The molecule has 3 aliphatic rings. The second-order valence-electron chi connectivity index (χ2n) is 10.1. The Morgan fingerprint density at radius 3 is 2.53 bits per heavy atom. The van der Waals surface area contributed by atoms with E-state index in [0.717, 1.165) is 32.6 Å². The molecule has 1 aliphatic carbocycles. The minimum atomic E-state index is 0.291. The highest BCUT2D eigenvalue weighted by atomic mass is 16.3. The summed E-state index contributed by atoms with van der Waals surface area (Å²) in [6.45, 7) is 11.7. The van der Waals surface area contributed by atoms with Crippen molar-refractivity contribution in [1.82, 2.24) is 24.9 Å². The lowest BCUT2D eigenvalue weighted by Crippen LogP contribution is -2.58. The van der Waals surface area contributed by atoms with E-state index < -0.39 is 0 Å². The van der Waals surface area contributed by atoms with Crippen molar-refractivity contribution in [2.24, 2.45) is 0 Å². The molecule has 1 atom stereocenters.